The second-order valence-corrected chi connectivity index (χ2v) is 1.78. The molecular weight excluding hydrogens is 100 g/mol. The van der Waals surface area contributed by atoms with Crippen molar-refractivity contribution in [2.45, 2.75) is 12.3 Å². The molecule has 1 fully saturated rings. The van der Waals surface area contributed by atoms with E-state index < -0.39 is 5.92 Å². The number of hydrogen-bond donors (Lipinski definition) is 1. The summed E-state index contributed by atoms with van der Waals surface area (Å²) in [5, 5.41) is 2.56. The maximum atomic E-state index is 11.9. The lowest BCUT2D eigenvalue weighted by molar-refractivity contribution is 0.0238. The molecule has 0 bridgehead atoms. The standard InChI is InChI=1S/C4H7F2N.H2/c5-4(6)1-2-7-3-4;/h7H,1-3H2;1H. The fourth-order valence-electron chi connectivity index (χ4n) is 0.631. The van der Waals surface area contributed by atoms with Gasteiger partial charge in [0.1, 0.15) is 0 Å². The maximum Gasteiger partial charge on any atom is 0.261 e. The molecule has 1 N–H and O–H groups in total. The average Bonchev–Trinajstić information content (AvgIpc) is 1.84. The summed E-state index contributed by atoms with van der Waals surface area (Å²) in [4.78, 5) is 0. The highest BCUT2D eigenvalue weighted by molar-refractivity contribution is 4.77. The molecule has 1 nitrogen and oxygen atoms in total. The van der Waals surface area contributed by atoms with Crippen LogP contribution < -0.4 is 5.32 Å². The Bertz CT molecular complexity index is 68.4. The molecule has 1 aliphatic rings. The first-order valence-corrected chi connectivity index (χ1v) is 2.29. The Morgan fingerprint density at radius 1 is 1.57 bits per heavy atom. The molecule has 44 valence electrons. The van der Waals surface area contributed by atoms with E-state index >= 15 is 0 Å². The Kier molecular flexibility index (Phi) is 0.995. The first-order chi connectivity index (χ1) is 3.21. The molecule has 3 heteroatoms. The van der Waals surface area contributed by atoms with E-state index in [0.29, 0.717) is 6.54 Å². The van der Waals surface area contributed by atoms with E-state index in [2.05, 4.69) is 5.32 Å². The predicted molar refractivity (Wildman–Crippen MR) is 24.5 cm³/mol. The lowest BCUT2D eigenvalue weighted by Crippen LogP contribution is -2.18. The molecule has 0 radical (unpaired) electrons. The van der Waals surface area contributed by atoms with Gasteiger partial charge in [-0.3, -0.25) is 0 Å². The van der Waals surface area contributed by atoms with Crippen LogP contribution in [-0.2, 0) is 0 Å². The summed E-state index contributed by atoms with van der Waals surface area (Å²) < 4.78 is 23.8. The molecule has 0 aromatic heterocycles. The topological polar surface area (TPSA) is 12.0 Å². The summed E-state index contributed by atoms with van der Waals surface area (Å²) in [5.74, 6) is -2.42. The van der Waals surface area contributed by atoms with Gasteiger partial charge >= 0.3 is 0 Å². The fourth-order valence-corrected chi connectivity index (χ4v) is 0.631. The predicted octanol–water partition coefficient (Wildman–Crippen LogP) is 0.861. The molecule has 0 atom stereocenters. The van der Waals surface area contributed by atoms with Crippen LogP contribution in [-0.4, -0.2) is 19.0 Å². The Morgan fingerprint density at radius 3 is 2.43 bits per heavy atom. The van der Waals surface area contributed by atoms with Gasteiger partial charge in [-0.25, -0.2) is 8.78 Å². The first kappa shape index (κ1) is 4.97. The number of hydrogen-bond acceptors (Lipinski definition) is 1. The van der Waals surface area contributed by atoms with Gasteiger partial charge in [-0.05, 0) is 0 Å². The van der Waals surface area contributed by atoms with Crippen LogP contribution >= 0.6 is 0 Å². The van der Waals surface area contributed by atoms with Crippen molar-refractivity contribution >= 4 is 0 Å². The van der Waals surface area contributed by atoms with Crippen LogP contribution in [0.4, 0.5) is 8.78 Å². The normalized spacial score (nSPS) is 28.3. The highest BCUT2D eigenvalue weighted by Crippen LogP contribution is 2.19. The summed E-state index contributed by atoms with van der Waals surface area (Å²) in [6, 6.07) is 0. The summed E-state index contributed by atoms with van der Waals surface area (Å²) >= 11 is 0. The Labute approximate surface area is 42.2 Å². The van der Waals surface area contributed by atoms with E-state index in [1.54, 1.807) is 0 Å². The van der Waals surface area contributed by atoms with Crippen LogP contribution in [0.25, 0.3) is 0 Å². The highest BCUT2D eigenvalue weighted by Gasteiger charge is 2.32. The molecule has 1 heterocycles. The van der Waals surface area contributed by atoms with Gasteiger partial charge in [-0.15, -0.1) is 0 Å². The van der Waals surface area contributed by atoms with Crippen molar-refractivity contribution in [1.29, 1.82) is 0 Å². The smallest absolute Gasteiger partial charge is 0.261 e. The van der Waals surface area contributed by atoms with Crippen molar-refractivity contribution in [3.63, 3.8) is 0 Å². The van der Waals surface area contributed by atoms with Gasteiger partial charge in [-0.2, -0.15) is 0 Å². The number of nitrogens with one attached hydrogen (secondary N) is 1. The van der Waals surface area contributed by atoms with Gasteiger partial charge in [0.15, 0.2) is 0 Å². The van der Waals surface area contributed by atoms with Crippen molar-refractivity contribution in [2.75, 3.05) is 13.1 Å². The van der Waals surface area contributed by atoms with Crippen LogP contribution in [0, 0.1) is 0 Å². The van der Waals surface area contributed by atoms with E-state index in [1.807, 2.05) is 0 Å². The Balaban J connectivity index is 0.000000490. The van der Waals surface area contributed by atoms with Crippen molar-refractivity contribution < 1.29 is 10.2 Å². The molecule has 1 aliphatic heterocycles. The zero-order valence-electron chi connectivity index (χ0n) is 3.88. The molecule has 0 saturated carbocycles. The number of halogens is 2. The molecule has 7 heavy (non-hydrogen) atoms. The third-order valence-electron chi connectivity index (χ3n) is 1.05. The van der Waals surface area contributed by atoms with Crippen molar-refractivity contribution in [2.24, 2.45) is 0 Å². The Hall–Kier alpha value is -0.180. The molecule has 0 amide bonds. The molecule has 0 aromatic rings. The van der Waals surface area contributed by atoms with Crippen LogP contribution in [0.5, 0.6) is 0 Å². The number of rotatable bonds is 0. The van der Waals surface area contributed by atoms with E-state index in [0.717, 1.165) is 0 Å². The minimum atomic E-state index is -2.42. The lowest BCUT2D eigenvalue weighted by Gasteiger charge is -2.02. The summed E-state index contributed by atoms with van der Waals surface area (Å²) in [6.07, 6.45) is 0.00694. The minimum absolute atomic E-state index is 0. The van der Waals surface area contributed by atoms with Crippen LogP contribution in [0.2, 0.25) is 0 Å². The van der Waals surface area contributed by atoms with Crippen LogP contribution in [0.3, 0.4) is 0 Å². The van der Waals surface area contributed by atoms with Gasteiger partial charge < -0.3 is 5.32 Å². The molecule has 0 aromatic carbocycles. The summed E-state index contributed by atoms with van der Waals surface area (Å²) in [5.41, 5.74) is 0. The van der Waals surface area contributed by atoms with Gasteiger partial charge in [0, 0.05) is 14.4 Å². The van der Waals surface area contributed by atoms with Crippen LogP contribution in [0.1, 0.15) is 7.85 Å². The van der Waals surface area contributed by atoms with Crippen LogP contribution in [0.15, 0.2) is 0 Å². The fraction of sp³-hybridized carbons (Fsp3) is 1.00. The van der Waals surface area contributed by atoms with Gasteiger partial charge in [0.05, 0.1) is 6.54 Å². The second kappa shape index (κ2) is 1.40. The summed E-state index contributed by atoms with van der Waals surface area (Å²) in [6.45, 7) is 0.333. The summed E-state index contributed by atoms with van der Waals surface area (Å²) in [7, 11) is 0. The van der Waals surface area contributed by atoms with E-state index in [1.165, 1.54) is 0 Å². The van der Waals surface area contributed by atoms with Gasteiger partial charge in [0.2, 0.25) is 0 Å². The third-order valence-corrected chi connectivity index (χ3v) is 1.05. The molecule has 0 aliphatic carbocycles. The van der Waals surface area contributed by atoms with Crippen molar-refractivity contribution in [1.82, 2.24) is 5.32 Å². The largest absolute Gasteiger partial charge is 0.311 e. The van der Waals surface area contributed by atoms with E-state index in [-0.39, 0.29) is 14.4 Å². The second-order valence-electron chi connectivity index (χ2n) is 1.78. The average molecular weight is 109 g/mol. The van der Waals surface area contributed by atoms with E-state index in [4.69, 9.17) is 0 Å². The minimum Gasteiger partial charge on any atom is -0.311 e. The molecule has 1 saturated heterocycles. The maximum absolute atomic E-state index is 11.9. The quantitative estimate of drug-likeness (QED) is 0.486. The molecule has 0 spiro atoms. The number of alkyl halides is 2. The Morgan fingerprint density at radius 2 is 2.29 bits per heavy atom. The lowest BCUT2D eigenvalue weighted by atomic mass is 10.3. The van der Waals surface area contributed by atoms with Gasteiger partial charge in [-0.1, -0.05) is 0 Å². The molecular formula is C4H9F2N. The highest BCUT2D eigenvalue weighted by atomic mass is 19.3. The van der Waals surface area contributed by atoms with Gasteiger partial charge in [0.25, 0.3) is 5.92 Å². The zero-order chi connectivity index (χ0) is 5.33. The van der Waals surface area contributed by atoms with Crippen molar-refractivity contribution in [3.05, 3.63) is 0 Å². The van der Waals surface area contributed by atoms with Crippen molar-refractivity contribution in [3.8, 4) is 0 Å². The van der Waals surface area contributed by atoms with E-state index in [9.17, 15) is 8.78 Å². The first-order valence-electron chi connectivity index (χ1n) is 2.29. The zero-order valence-corrected chi connectivity index (χ0v) is 3.88. The monoisotopic (exact) mass is 109 g/mol. The molecule has 1 rings (SSSR count). The SMILES string of the molecule is FC1(F)CCNC1.[HH]. The third kappa shape index (κ3) is 1.09. The molecule has 0 unspecified atom stereocenters.